The standard InChI is InChI=1S/C25H53NO2Si/c1-4-7-8-9-10-11-12-13-14-15-16-17-18-19-20-21-23-26-24-22-25-29(26,27-5-2)28-6-3/h4-25H2,1-3H3. The largest absolute Gasteiger partial charge is 0.427 e. The van der Waals surface area contributed by atoms with Gasteiger partial charge in [0.2, 0.25) is 0 Å². The highest BCUT2D eigenvalue weighted by Gasteiger charge is 2.48. The first-order valence-corrected chi connectivity index (χ1v) is 15.3. The molecule has 0 spiro atoms. The van der Waals surface area contributed by atoms with Gasteiger partial charge in [-0.25, -0.2) is 0 Å². The number of nitrogens with zero attached hydrogens (tertiary/aromatic N) is 1. The third-order valence-electron chi connectivity index (χ3n) is 6.42. The molecule has 0 amide bonds. The van der Waals surface area contributed by atoms with Gasteiger partial charge in [0.1, 0.15) is 0 Å². The van der Waals surface area contributed by atoms with Crippen LogP contribution in [0, 0.1) is 0 Å². The molecule has 0 atom stereocenters. The summed E-state index contributed by atoms with van der Waals surface area (Å²) >= 11 is 0. The summed E-state index contributed by atoms with van der Waals surface area (Å²) in [6.45, 7) is 10.5. The van der Waals surface area contributed by atoms with Crippen LogP contribution in [0.2, 0.25) is 6.04 Å². The molecule has 0 N–H and O–H groups in total. The van der Waals surface area contributed by atoms with Gasteiger partial charge in [-0.3, -0.25) is 4.57 Å². The van der Waals surface area contributed by atoms with Crippen molar-refractivity contribution in [2.45, 2.75) is 136 Å². The summed E-state index contributed by atoms with van der Waals surface area (Å²) in [7, 11) is -2.04. The molecule has 0 bridgehead atoms. The lowest BCUT2D eigenvalue weighted by atomic mass is 10.0. The SMILES string of the molecule is CCCCCCCCCCCCCCCCCCN1CCC[Si]1(OCC)OCC. The van der Waals surface area contributed by atoms with Crippen molar-refractivity contribution in [3.8, 4) is 0 Å². The smallest absolute Gasteiger partial charge is 0.383 e. The molecule has 1 saturated heterocycles. The summed E-state index contributed by atoms with van der Waals surface area (Å²) in [5.74, 6) is 0. The Hall–Kier alpha value is 0.0969. The second-order valence-electron chi connectivity index (χ2n) is 8.97. The van der Waals surface area contributed by atoms with E-state index in [9.17, 15) is 0 Å². The van der Waals surface area contributed by atoms with Crippen molar-refractivity contribution in [2.24, 2.45) is 0 Å². The highest BCUT2D eigenvalue weighted by Crippen LogP contribution is 2.28. The number of hydrogen-bond acceptors (Lipinski definition) is 3. The van der Waals surface area contributed by atoms with Gasteiger partial charge in [0.15, 0.2) is 0 Å². The van der Waals surface area contributed by atoms with Gasteiger partial charge in [-0.1, -0.05) is 103 Å². The maximum atomic E-state index is 6.17. The Labute approximate surface area is 184 Å². The lowest BCUT2D eigenvalue weighted by molar-refractivity contribution is 0.135. The van der Waals surface area contributed by atoms with E-state index in [1.807, 2.05) is 0 Å². The first kappa shape index (κ1) is 27.1. The Balaban J connectivity index is 1.88. The minimum absolute atomic E-state index is 0.793. The highest BCUT2D eigenvalue weighted by atomic mass is 28.4. The molecule has 0 aliphatic carbocycles. The molecule has 0 saturated carbocycles. The van der Waals surface area contributed by atoms with Crippen LogP contribution in [0.4, 0.5) is 0 Å². The summed E-state index contributed by atoms with van der Waals surface area (Å²) < 4.78 is 14.9. The summed E-state index contributed by atoms with van der Waals surface area (Å²) in [5, 5.41) is 0. The Morgan fingerprint density at radius 1 is 0.586 bits per heavy atom. The van der Waals surface area contributed by atoms with E-state index in [0.717, 1.165) is 19.3 Å². The van der Waals surface area contributed by atoms with Crippen LogP contribution in [0.1, 0.15) is 130 Å². The molecule has 0 unspecified atom stereocenters. The summed E-state index contributed by atoms with van der Waals surface area (Å²) in [6, 6.07) is 1.16. The molecule has 4 heteroatoms. The minimum atomic E-state index is -2.04. The molecule has 174 valence electrons. The zero-order valence-corrected chi connectivity index (χ0v) is 21.3. The number of hydrogen-bond donors (Lipinski definition) is 0. The minimum Gasteiger partial charge on any atom is -0.383 e. The Kier molecular flexibility index (Phi) is 17.6. The van der Waals surface area contributed by atoms with Crippen LogP contribution in [0.15, 0.2) is 0 Å². The van der Waals surface area contributed by atoms with Crippen molar-refractivity contribution in [2.75, 3.05) is 26.3 Å². The number of unbranched alkanes of at least 4 members (excludes halogenated alkanes) is 15. The average Bonchev–Trinajstić information content (AvgIpc) is 3.10. The maximum absolute atomic E-state index is 6.17. The van der Waals surface area contributed by atoms with Crippen molar-refractivity contribution >= 4 is 8.72 Å². The highest BCUT2D eigenvalue weighted by molar-refractivity contribution is 6.65. The molecule has 1 aliphatic rings. The molecular weight excluding hydrogens is 374 g/mol. The first-order valence-electron chi connectivity index (χ1n) is 13.3. The second-order valence-corrected chi connectivity index (χ2v) is 12.1. The maximum Gasteiger partial charge on any atom is 0.427 e. The van der Waals surface area contributed by atoms with Gasteiger partial charge >= 0.3 is 8.72 Å². The van der Waals surface area contributed by atoms with E-state index in [-0.39, 0.29) is 0 Å². The van der Waals surface area contributed by atoms with Gasteiger partial charge in [0.05, 0.1) is 0 Å². The molecular formula is C25H53NO2Si. The lowest BCUT2D eigenvalue weighted by Crippen LogP contribution is -2.54. The Morgan fingerprint density at radius 2 is 1.00 bits per heavy atom. The third-order valence-corrected chi connectivity index (χ3v) is 10.3. The summed E-state index contributed by atoms with van der Waals surface area (Å²) in [6.07, 6.45) is 24.2. The van der Waals surface area contributed by atoms with Crippen LogP contribution in [-0.4, -0.2) is 39.6 Å². The Morgan fingerprint density at radius 3 is 1.41 bits per heavy atom. The van der Waals surface area contributed by atoms with Crippen molar-refractivity contribution in [3.63, 3.8) is 0 Å². The average molecular weight is 428 g/mol. The van der Waals surface area contributed by atoms with Crippen LogP contribution in [-0.2, 0) is 8.85 Å². The van der Waals surface area contributed by atoms with E-state index in [1.165, 1.54) is 122 Å². The molecule has 29 heavy (non-hydrogen) atoms. The Bertz CT molecular complexity index is 348. The fourth-order valence-corrected chi connectivity index (χ4v) is 8.33. The normalized spacial score (nSPS) is 16.7. The van der Waals surface area contributed by atoms with Crippen LogP contribution in [0.25, 0.3) is 0 Å². The van der Waals surface area contributed by atoms with Crippen LogP contribution in [0.5, 0.6) is 0 Å². The quantitative estimate of drug-likeness (QED) is 0.137. The van der Waals surface area contributed by atoms with Gasteiger partial charge in [-0.2, -0.15) is 0 Å². The van der Waals surface area contributed by atoms with Crippen LogP contribution in [0.3, 0.4) is 0 Å². The van der Waals surface area contributed by atoms with E-state index in [1.54, 1.807) is 0 Å². The van der Waals surface area contributed by atoms with Crippen LogP contribution < -0.4 is 0 Å². The fraction of sp³-hybridized carbons (Fsp3) is 1.00. The zero-order chi connectivity index (χ0) is 21.0. The predicted molar refractivity (Wildman–Crippen MR) is 130 cm³/mol. The predicted octanol–water partition coefficient (Wildman–Crippen LogP) is 7.97. The van der Waals surface area contributed by atoms with E-state index in [0.29, 0.717) is 0 Å². The van der Waals surface area contributed by atoms with E-state index >= 15 is 0 Å². The molecule has 1 aliphatic heterocycles. The summed E-state index contributed by atoms with van der Waals surface area (Å²) in [4.78, 5) is 0. The first-order chi connectivity index (χ1) is 14.3. The molecule has 0 aromatic carbocycles. The van der Waals surface area contributed by atoms with E-state index in [4.69, 9.17) is 8.85 Å². The van der Waals surface area contributed by atoms with Crippen molar-refractivity contribution in [1.82, 2.24) is 4.57 Å². The van der Waals surface area contributed by atoms with Crippen molar-refractivity contribution < 1.29 is 8.85 Å². The molecule has 0 radical (unpaired) electrons. The van der Waals surface area contributed by atoms with E-state index < -0.39 is 8.72 Å². The van der Waals surface area contributed by atoms with E-state index in [2.05, 4.69) is 25.3 Å². The van der Waals surface area contributed by atoms with Crippen LogP contribution >= 0.6 is 0 Å². The molecule has 0 aromatic heterocycles. The topological polar surface area (TPSA) is 21.7 Å². The third kappa shape index (κ3) is 12.5. The van der Waals surface area contributed by atoms with Crippen molar-refractivity contribution in [1.29, 1.82) is 0 Å². The number of rotatable bonds is 21. The molecule has 0 aromatic rings. The van der Waals surface area contributed by atoms with Gasteiger partial charge in [-0.05, 0) is 39.8 Å². The van der Waals surface area contributed by atoms with Gasteiger partial charge in [0, 0.05) is 19.3 Å². The zero-order valence-electron chi connectivity index (χ0n) is 20.3. The fourth-order valence-electron chi connectivity index (χ4n) is 4.77. The molecule has 1 heterocycles. The molecule has 3 nitrogen and oxygen atoms in total. The van der Waals surface area contributed by atoms with Gasteiger partial charge in [0.25, 0.3) is 0 Å². The molecule has 1 rings (SSSR count). The van der Waals surface area contributed by atoms with Gasteiger partial charge in [-0.15, -0.1) is 0 Å². The second kappa shape index (κ2) is 18.8. The lowest BCUT2D eigenvalue weighted by Gasteiger charge is -2.34. The molecule has 1 fully saturated rings. The van der Waals surface area contributed by atoms with Gasteiger partial charge < -0.3 is 8.85 Å². The monoisotopic (exact) mass is 427 g/mol. The van der Waals surface area contributed by atoms with Crippen molar-refractivity contribution in [3.05, 3.63) is 0 Å². The summed E-state index contributed by atoms with van der Waals surface area (Å²) in [5.41, 5.74) is 0.